The lowest BCUT2D eigenvalue weighted by Crippen LogP contribution is -2.37. The van der Waals surface area contributed by atoms with Crippen LogP contribution in [0.5, 0.6) is 0 Å². The lowest BCUT2D eigenvalue weighted by molar-refractivity contribution is 0.0342. The maximum atomic E-state index is 5.57. The summed E-state index contributed by atoms with van der Waals surface area (Å²) in [7, 11) is 0. The van der Waals surface area contributed by atoms with E-state index in [0.717, 1.165) is 122 Å². The summed E-state index contributed by atoms with van der Waals surface area (Å²) in [4.78, 5) is 17.9. The first-order valence-corrected chi connectivity index (χ1v) is 14.9. The van der Waals surface area contributed by atoms with Gasteiger partial charge in [-0.25, -0.2) is 9.97 Å². The fourth-order valence-corrected chi connectivity index (χ4v) is 5.92. The van der Waals surface area contributed by atoms with E-state index in [9.17, 15) is 0 Å². The van der Waals surface area contributed by atoms with E-state index >= 15 is 0 Å². The van der Waals surface area contributed by atoms with Crippen molar-refractivity contribution >= 4 is 5.82 Å². The lowest BCUT2D eigenvalue weighted by Gasteiger charge is -2.30. The van der Waals surface area contributed by atoms with E-state index in [1.165, 1.54) is 22.4 Å². The molecular weight excluding hydrogens is 500 g/mol. The molecule has 0 spiro atoms. The van der Waals surface area contributed by atoms with Gasteiger partial charge in [-0.05, 0) is 24.1 Å². The third kappa shape index (κ3) is 7.06. The molecule has 0 atom stereocenters. The molecule has 8 heteroatoms. The van der Waals surface area contributed by atoms with Crippen LogP contribution < -0.4 is 5.32 Å². The van der Waals surface area contributed by atoms with Crippen molar-refractivity contribution in [2.45, 2.75) is 32.5 Å². The van der Waals surface area contributed by atoms with Gasteiger partial charge in [0.15, 0.2) is 5.82 Å². The van der Waals surface area contributed by atoms with Gasteiger partial charge >= 0.3 is 0 Å². The Labute approximate surface area is 238 Å². The molecule has 0 amide bonds. The van der Waals surface area contributed by atoms with Gasteiger partial charge in [0.1, 0.15) is 5.82 Å². The van der Waals surface area contributed by atoms with Crippen LogP contribution >= 0.6 is 0 Å². The molecule has 3 aliphatic heterocycles. The van der Waals surface area contributed by atoms with Gasteiger partial charge in [-0.15, -0.1) is 0 Å². The van der Waals surface area contributed by atoms with Crippen molar-refractivity contribution in [1.29, 1.82) is 0 Å². The largest absolute Gasteiger partial charge is 0.379 e. The molecule has 4 heterocycles. The minimum absolute atomic E-state index is 0.801. The first-order valence-electron chi connectivity index (χ1n) is 14.9. The topological polar surface area (TPSA) is 66.0 Å². The maximum absolute atomic E-state index is 5.57. The summed E-state index contributed by atoms with van der Waals surface area (Å²) in [6.07, 6.45) is 2.02. The molecule has 3 aliphatic rings. The van der Waals surface area contributed by atoms with Crippen LogP contribution in [0.2, 0.25) is 0 Å². The minimum atomic E-state index is 0.801. The summed E-state index contributed by atoms with van der Waals surface area (Å²) in [5.41, 5.74) is 6.21. The molecular formula is C32H42N6O2. The second-order valence-corrected chi connectivity index (χ2v) is 11.0. The highest BCUT2D eigenvalue weighted by atomic mass is 16.5. The van der Waals surface area contributed by atoms with E-state index < -0.39 is 0 Å². The molecule has 8 nitrogen and oxygen atoms in total. The molecule has 0 bridgehead atoms. The Morgan fingerprint density at radius 2 is 1.45 bits per heavy atom. The van der Waals surface area contributed by atoms with Gasteiger partial charge in [0.2, 0.25) is 0 Å². The van der Waals surface area contributed by atoms with Gasteiger partial charge in [-0.3, -0.25) is 14.7 Å². The molecule has 3 aromatic rings. The molecule has 2 fully saturated rings. The molecule has 1 N–H and O–H groups in total. The number of aromatic nitrogens is 2. The molecule has 6 rings (SSSR count). The molecule has 0 radical (unpaired) electrons. The standard InChI is InChI=1S/C32H42N6O2/c1-2-7-26(8-3-1)23-38-14-11-30-29(25-38)31(33-12-6-13-36-15-19-39-20-16-36)35-32(34-30)28-10-5-4-9-27(28)24-37-17-21-40-22-18-37/h1-5,7-10H,6,11-25H2,(H,33,34,35). The number of benzene rings is 2. The third-order valence-electron chi connectivity index (χ3n) is 8.19. The van der Waals surface area contributed by atoms with E-state index in [4.69, 9.17) is 19.4 Å². The molecule has 0 saturated carbocycles. The van der Waals surface area contributed by atoms with Crippen molar-refractivity contribution in [1.82, 2.24) is 24.7 Å². The number of anilines is 1. The number of fused-ring (bicyclic) bond motifs is 1. The van der Waals surface area contributed by atoms with E-state index in [-0.39, 0.29) is 0 Å². The van der Waals surface area contributed by atoms with E-state index in [1.54, 1.807) is 0 Å². The van der Waals surface area contributed by atoms with Gasteiger partial charge in [0.25, 0.3) is 0 Å². The summed E-state index contributed by atoms with van der Waals surface area (Å²) in [5, 5.41) is 3.75. The Kier molecular flexibility index (Phi) is 9.32. The maximum Gasteiger partial charge on any atom is 0.162 e. The van der Waals surface area contributed by atoms with Crippen LogP contribution in [0.3, 0.4) is 0 Å². The van der Waals surface area contributed by atoms with Crippen LogP contribution in [0.1, 0.15) is 28.8 Å². The first kappa shape index (κ1) is 27.3. The van der Waals surface area contributed by atoms with E-state index in [2.05, 4.69) is 74.6 Å². The molecule has 2 saturated heterocycles. The Hall–Kier alpha value is -2.88. The van der Waals surface area contributed by atoms with Crippen molar-refractivity contribution in [2.24, 2.45) is 0 Å². The number of hydrogen-bond acceptors (Lipinski definition) is 8. The Balaban J connectivity index is 1.23. The highest BCUT2D eigenvalue weighted by Gasteiger charge is 2.24. The summed E-state index contributed by atoms with van der Waals surface area (Å²) < 4.78 is 11.1. The Bertz CT molecular complexity index is 1230. The average molecular weight is 543 g/mol. The van der Waals surface area contributed by atoms with Crippen LogP contribution in [0, 0.1) is 0 Å². The molecule has 0 unspecified atom stereocenters. The summed E-state index contributed by atoms with van der Waals surface area (Å²) in [6, 6.07) is 19.4. The first-order chi connectivity index (χ1) is 19.8. The van der Waals surface area contributed by atoms with Crippen LogP contribution in [0.15, 0.2) is 54.6 Å². The summed E-state index contributed by atoms with van der Waals surface area (Å²) >= 11 is 0. The van der Waals surface area contributed by atoms with Gasteiger partial charge in [0, 0.05) is 76.5 Å². The number of rotatable bonds is 10. The summed E-state index contributed by atoms with van der Waals surface area (Å²) in [6.45, 7) is 13.0. The zero-order chi connectivity index (χ0) is 27.0. The van der Waals surface area contributed by atoms with Crippen LogP contribution in [0.4, 0.5) is 5.82 Å². The Morgan fingerprint density at radius 1 is 0.725 bits per heavy atom. The number of nitrogens with one attached hydrogen (secondary N) is 1. The van der Waals surface area contributed by atoms with E-state index in [1.807, 2.05) is 0 Å². The number of nitrogens with zero attached hydrogens (tertiary/aromatic N) is 5. The fourth-order valence-electron chi connectivity index (χ4n) is 5.92. The lowest BCUT2D eigenvalue weighted by atomic mass is 10.0. The smallest absolute Gasteiger partial charge is 0.162 e. The number of hydrogen-bond donors (Lipinski definition) is 1. The highest BCUT2D eigenvalue weighted by molar-refractivity contribution is 5.64. The minimum Gasteiger partial charge on any atom is -0.379 e. The molecule has 0 aliphatic carbocycles. The number of ether oxygens (including phenoxy) is 2. The predicted molar refractivity (Wildman–Crippen MR) is 158 cm³/mol. The zero-order valence-electron chi connectivity index (χ0n) is 23.6. The highest BCUT2D eigenvalue weighted by Crippen LogP contribution is 2.30. The average Bonchev–Trinajstić information content (AvgIpc) is 3.01. The van der Waals surface area contributed by atoms with Crippen molar-refractivity contribution in [3.8, 4) is 11.4 Å². The van der Waals surface area contributed by atoms with Gasteiger partial charge < -0.3 is 14.8 Å². The molecule has 2 aromatic carbocycles. The molecule has 40 heavy (non-hydrogen) atoms. The zero-order valence-corrected chi connectivity index (χ0v) is 23.6. The van der Waals surface area contributed by atoms with Crippen molar-refractivity contribution < 1.29 is 9.47 Å². The monoisotopic (exact) mass is 542 g/mol. The summed E-state index contributed by atoms with van der Waals surface area (Å²) in [5.74, 6) is 1.84. The second-order valence-electron chi connectivity index (χ2n) is 11.0. The fraction of sp³-hybridized carbons (Fsp3) is 0.500. The van der Waals surface area contributed by atoms with Gasteiger partial charge in [-0.2, -0.15) is 0 Å². The van der Waals surface area contributed by atoms with E-state index in [0.29, 0.717) is 0 Å². The van der Waals surface area contributed by atoms with Gasteiger partial charge in [-0.1, -0.05) is 54.6 Å². The van der Waals surface area contributed by atoms with Crippen LogP contribution in [-0.4, -0.2) is 96.9 Å². The van der Waals surface area contributed by atoms with Crippen LogP contribution in [0.25, 0.3) is 11.4 Å². The molecule has 212 valence electrons. The van der Waals surface area contributed by atoms with Crippen molar-refractivity contribution in [3.63, 3.8) is 0 Å². The molecule has 1 aromatic heterocycles. The van der Waals surface area contributed by atoms with Crippen LogP contribution in [-0.2, 0) is 35.5 Å². The normalized spacial score (nSPS) is 18.9. The quantitative estimate of drug-likeness (QED) is 0.390. The Morgan fingerprint density at radius 3 is 2.25 bits per heavy atom. The second kappa shape index (κ2) is 13.7. The van der Waals surface area contributed by atoms with Gasteiger partial charge in [0.05, 0.1) is 32.1 Å². The third-order valence-corrected chi connectivity index (χ3v) is 8.19. The predicted octanol–water partition coefficient (Wildman–Crippen LogP) is 3.67. The van der Waals surface area contributed by atoms with Crippen molar-refractivity contribution in [3.05, 3.63) is 77.0 Å². The SMILES string of the molecule is c1ccc(CN2CCc3nc(-c4ccccc4CN4CCOCC4)nc(NCCCN4CCOCC4)c3C2)cc1. The van der Waals surface area contributed by atoms with Crippen molar-refractivity contribution in [2.75, 3.05) is 77.6 Å². The number of morpholine rings is 2.